The largest absolute Gasteiger partial charge is 0.508 e. The molecule has 19 heavy (non-hydrogen) atoms. The highest BCUT2D eigenvalue weighted by atomic mass is 16.3. The van der Waals surface area contributed by atoms with Crippen molar-refractivity contribution in [1.82, 2.24) is 4.98 Å². The van der Waals surface area contributed by atoms with Crippen molar-refractivity contribution in [2.45, 2.75) is 0 Å². The Kier molecular flexibility index (Phi) is 2.45. The first-order chi connectivity index (χ1) is 9.13. The summed E-state index contributed by atoms with van der Waals surface area (Å²) in [5.41, 5.74) is 6.75. The Bertz CT molecular complexity index is 760. The van der Waals surface area contributed by atoms with E-state index in [1.54, 1.807) is 36.4 Å². The Labute approximate surface area is 108 Å². The van der Waals surface area contributed by atoms with Crippen molar-refractivity contribution >= 4 is 16.9 Å². The Morgan fingerprint density at radius 2 is 2.05 bits per heavy atom. The molecule has 3 N–H and O–H groups in total. The number of carbonyl (C=O) groups is 1. The lowest BCUT2D eigenvalue weighted by atomic mass is 10.2. The molecule has 0 aliphatic rings. The monoisotopic (exact) mass is 254 g/mol. The van der Waals surface area contributed by atoms with Gasteiger partial charge in [0, 0.05) is 11.6 Å². The zero-order chi connectivity index (χ0) is 13.4. The van der Waals surface area contributed by atoms with E-state index in [4.69, 9.17) is 10.2 Å². The number of rotatable bonds is 2. The molecular weight excluding hydrogens is 244 g/mol. The summed E-state index contributed by atoms with van der Waals surface area (Å²) in [7, 11) is 0. The third-order valence-electron chi connectivity index (χ3n) is 2.80. The fourth-order valence-corrected chi connectivity index (χ4v) is 1.84. The first-order valence-corrected chi connectivity index (χ1v) is 5.62. The van der Waals surface area contributed by atoms with Crippen LogP contribution in [0.5, 0.6) is 5.75 Å². The number of fused-ring (bicyclic) bond motifs is 1. The average molecular weight is 254 g/mol. The second-order valence-electron chi connectivity index (χ2n) is 4.13. The molecule has 3 aromatic rings. The predicted molar refractivity (Wildman–Crippen MR) is 69.6 cm³/mol. The molecule has 0 radical (unpaired) electrons. The zero-order valence-electron chi connectivity index (χ0n) is 9.83. The van der Waals surface area contributed by atoms with Gasteiger partial charge < -0.3 is 15.3 Å². The van der Waals surface area contributed by atoms with Crippen molar-refractivity contribution in [2.24, 2.45) is 5.73 Å². The Morgan fingerprint density at radius 1 is 1.21 bits per heavy atom. The van der Waals surface area contributed by atoms with Gasteiger partial charge in [-0.1, -0.05) is 0 Å². The summed E-state index contributed by atoms with van der Waals surface area (Å²) in [6, 6.07) is 9.89. The molecule has 1 aromatic carbocycles. The fraction of sp³-hybridized carbons (Fsp3) is 0. The summed E-state index contributed by atoms with van der Waals surface area (Å²) < 4.78 is 5.62. The van der Waals surface area contributed by atoms with Gasteiger partial charge in [0.15, 0.2) is 5.76 Å². The van der Waals surface area contributed by atoms with Crippen LogP contribution in [-0.4, -0.2) is 16.0 Å². The van der Waals surface area contributed by atoms with Gasteiger partial charge >= 0.3 is 0 Å². The van der Waals surface area contributed by atoms with E-state index in [9.17, 15) is 9.90 Å². The molecule has 0 bridgehead atoms. The van der Waals surface area contributed by atoms with Gasteiger partial charge in [0.2, 0.25) is 5.91 Å². The van der Waals surface area contributed by atoms with E-state index in [0.29, 0.717) is 22.6 Å². The smallest absolute Gasteiger partial charge is 0.250 e. The minimum absolute atomic E-state index is 0.178. The fourth-order valence-electron chi connectivity index (χ4n) is 1.84. The predicted octanol–water partition coefficient (Wildman–Crippen LogP) is 2.30. The van der Waals surface area contributed by atoms with E-state index in [1.807, 2.05) is 0 Å². The van der Waals surface area contributed by atoms with Crippen molar-refractivity contribution in [3.8, 4) is 17.2 Å². The molecule has 2 heterocycles. The normalized spacial score (nSPS) is 10.7. The van der Waals surface area contributed by atoms with Gasteiger partial charge in [-0.3, -0.25) is 9.78 Å². The van der Waals surface area contributed by atoms with E-state index in [1.165, 1.54) is 6.20 Å². The van der Waals surface area contributed by atoms with Gasteiger partial charge in [-0.05, 0) is 36.4 Å². The molecule has 0 fully saturated rings. The van der Waals surface area contributed by atoms with E-state index >= 15 is 0 Å². The zero-order valence-corrected chi connectivity index (χ0v) is 9.83. The van der Waals surface area contributed by atoms with Crippen LogP contribution >= 0.6 is 0 Å². The van der Waals surface area contributed by atoms with Gasteiger partial charge in [-0.25, -0.2) is 0 Å². The summed E-state index contributed by atoms with van der Waals surface area (Å²) >= 11 is 0. The van der Waals surface area contributed by atoms with Gasteiger partial charge in [-0.15, -0.1) is 0 Å². The number of furan rings is 1. The lowest BCUT2D eigenvalue weighted by Gasteiger charge is -1.97. The third kappa shape index (κ3) is 2.01. The van der Waals surface area contributed by atoms with Gasteiger partial charge in [0.25, 0.3) is 0 Å². The maximum atomic E-state index is 11.0. The third-order valence-corrected chi connectivity index (χ3v) is 2.80. The van der Waals surface area contributed by atoms with Crippen LogP contribution in [0.2, 0.25) is 0 Å². The second-order valence-corrected chi connectivity index (χ2v) is 4.13. The molecule has 0 spiro atoms. The topological polar surface area (TPSA) is 89.4 Å². The molecule has 0 atom stereocenters. The number of benzene rings is 1. The minimum atomic E-state index is -0.520. The summed E-state index contributed by atoms with van der Waals surface area (Å²) in [6.45, 7) is 0. The number of pyridine rings is 1. The van der Waals surface area contributed by atoms with Gasteiger partial charge in [-0.2, -0.15) is 0 Å². The van der Waals surface area contributed by atoms with E-state index in [-0.39, 0.29) is 5.75 Å². The number of carbonyl (C=O) groups excluding carboxylic acids is 1. The van der Waals surface area contributed by atoms with Crippen LogP contribution in [-0.2, 0) is 0 Å². The number of primary amides is 1. The molecule has 0 saturated carbocycles. The number of hydrogen-bond acceptors (Lipinski definition) is 4. The number of phenolic OH excluding ortho intramolecular Hbond substituents is 1. The summed E-state index contributed by atoms with van der Waals surface area (Å²) in [4.78, 5) is 15.1. The number of aromatic nitrogens is 1. The first kappa shape index (κ1) is 11.3. The maximum absolute atomic E-state index is 11.0. The van der Waals surface area contributed by atoms with E-state index in [0.717, 1.165) is 5.39 Å². The molecule has 3 rings (SSSR count). The minimum Gasteiger partial charge on any atom is -0.508 e. The average Bonchev–Trinajstić information content (AvgIpc) is 2.81. The number of aromatic hydroxyl groups is 1. The van der Waals surface area contributed by atoms with E-state index in [2.05, 4.69) is 4.98 Å². The van der Waals surface area contributed by atoms with Crippen molar-refractivity contribution in [3.63, 3.8) is 0 Å². The molecule has 5 heteroatoms. The van der Waals surface area contributed by atoms with Crippen LogP contribution in [0.25, 0.3) is 22.4 Å². The highest BCUT2D eigenvalue weighted by Gasteiger charge is 2.09. The number of hydrogen-bond donors (Lipinski definition) is 2. The number of amides is 1. The Hall–Kier alpha value is -2.82. The van der Waals surface area contributed by atoms with Crippen LogP contribution < -0.4 is 5.73 Å². The molecule has 0 saturated heterocycles. The van der Waals surface area contributed by atoms with Crippen molar-refractivity contribution in [2.75, 3.05) is 0 Å². The van der Waals surface area contributed by atoms with Crippen LogP contribution in [0, 0.1) is 0 Å². The van der Waals surface area contributed by atoms with Crippen LogP contribution in [0.1, 0.15) is 10.4 Å². The lowest BCUT2D eigenvalue weighted by molar-refractivity contribution is 0.1000. The maximum Gasteiger partial charge on any atom is 0.250 e. The first-order valence-electron chi connectivity index (χ1n) is 5.62. The van der Waals surface area contributed by atoms with Gasteiger partial charge in [0.1, 0.15) is 17.0 Å². The summed E-state index contributed by atoms with van der Waals surface area (Å²) in [5.74, 6) is 0.224. The highest BCUT2D eigenvalue weighted by molar-refractivity contribution is 5.92. The Morgan fingerprint density at radius 3 is 2.74 bits per heavy atom. The Balaban J connectivity index is 2.06. The SMILES string of the molecule is NC(=O)c1ccc(-c2cc3cc(O)ccc3o2)nc1. The molecule has 0 aliphatic heterocycles. The number of phenols is 1. The van der Waals surface area contributed by atoms with Crippen molar-refractivity contribution in [1.29, 1.82) is 0 Å². The molecule has 5 nitrogen and oxygen atoms in total. The number of nitrogens with two attached hydrogens (primary N) is 1. The molecular formula is C14H10N2O3. The van der Waals surface area contributed by atoms with Crippen molar-refractivity contribution < 1.29 is 14.3 Å². The molecule has 1 amide bonds. The lowest BCUT2D eigenvalue weighted by Crippen LogP contribution is -2.10. The van der Waals surface area contributed by atoms with Crippen LogP contribution in [0.15, 0.2) is 47.0 Å². The van der Waals surface area contributed by atoms with E-state index < -0.39 is 5.91 Å². The highest BCUT2D eigenvalue weighted by Crippen LogP contribution is 2.28. The number of nitrogens with zero attached hydrogens (tertiary/aromatic N) is 1. The van der Waals surface area contributed by atoms with Crippen molar-refractivity contribution in [3.05, 3.63) is 48.2 Å². The molecule has 0 unspecified atom stereocenters. The second kappa shape index (κ2) is 4.13. The van der Waals surface area contributed by atoms with Crippen LogP contribution in [0.4, 0.5) is 0 Å². The van der Waals surface area contributed by atoms with Crippen LogP contribution in [0.3, 0.4) is 0 Å². The quantitative estimate of drug-likeness (QED) is 0.734. The van der Waals surface area contributed by atoms with Gasteiger partial charge in [0.05, 0.1) is 5.56 Å². The summed E-state index contributed by atoms with van der Waals surface area (Å²) in [5, 5.41) is 10.2. The molecule has 0 aliphatic carbocycles. The molecule has 94 valence electrons. The standard InChI is InChI=1S/C14H10N2O3/c15-14(18)8-1-3-11(16-7-8)13-6-9-5-10(17)2-4-12(9)19-13/h1-7,17H,(H2,15,18). The summed E-state index contributed by atoms with van der Waals surface area (Å²) in [6.07, 6.45) is 1.41. The molecule has 2 aromatic heterocycles.